The molecule has 1 N–H and O–H groups in total. The zero-order valence-corrected chi connectivity index (χ0v) is 24.5. The van der Waals surface area contributed by atoms with E-state index in [4.69, 9.17) is 19.2 Å². The van der Waals surface area contributed by atoms with E-state index in [9.17, 15) is 4.79 Å². The number of carbonyl (C=O) groups is 1. The van der Waals surface area contributed by atoms with E-state index < -0.39 is 6.09 Å². The summed E-state index contributed by atoms with van der Waals surface area (Å²) in [5, 5.41) is 7.25. The molecule has 3 fully saturated rings. The SMILES string of the molecule is Cc1csc(-c2c(-c3ccc(NC(=O)OC(C)C4CC4)cc3)n(C3CCC3)c3cc(OC4CCOCC4)ccc23)n1. The Morgan fingerprint density at radius 2 is 1.85 bits per heavy atom. The Balaban J connectivity index is 1.28. The molecule has 2 aromatic carbocycles. The molecule has 1 saturated heterocycles. The van der Waals surface area contributed by atoms with Crippen molar-refractivity contribution < 1.29 is 19.0 Å². The second-order valence-electron chi connectivity index (χ2n) is 11.7. The number of ether oxygens (including phenoxy) is 3. The van der Waals surface area contributed by atoms with Gasteiger partial charge in [0.15, 0.2) is 0 Å². The van der Waals surface area contributed by atoms with Crippen LogP contribution in [0.3, 0.4) is 0 Å². The quantitative estimate of drug-likeness (QED) is 0.230. The summed E-state index contributed by atoms with van der Waals surface area (Å²) in [5.74, 6) is 1.42. The highest BCUT2D eigenvalue weighted by atomic mass is 32.1. The average Bonchev–Trinajstić information content (AvgIpc) is 3.64. The fourth-order valence-corrected chi connectivity index (χ4v) is 6.89. The number of nitrogens with zero attached hydrogens (tertiary/aromatic N) is 2. The molecule has 2 aromatic heterocycles. The van der Waals surface area contributed by atoms with Crippen LogP contribution in [0.4, 0.5) is 10.5 Å². The number of benzene rings is 2. The molecule has 41 heavy (non-hydrogen) atoms. The van der Waals surface area contributed by atoms with Crippen LogP contribution in [0.25, 0.3) is 32.7 Å². The van der Waals surface area contributed by atoms with Gasteiger partial charge in [0.05, 0.1) is 24.4 Å². The number of amides is 1. The first-order valence-corrected chi connectivity index (χ1v) is 15.8. The van der Waals surface area contributed by atoms with Gasteiger partial charge in [0, 0.05) is 52.7 Å². The number of aryl methyl sites for hydroxylation is 1. The van der Waals surface area contributed by atoms with Gasteiger partial charge in [-0.3, -0.25) is 5.32 Å². The third-order valence-electron chi connectivity index (χ3n) is 8.70. The molecule has 8 heteroatoms. The monoisotopic (exact) mass is 571 g/mol. The fourth-order valence-electron chi connectivity index (χ4n) is 6.03. The van der Waals surface area contributed by atoms with E-state index in [0.717, 1.165) is 79.4 Å². The summed E-state index contributed by atoms with van der Waals surface area (Å²) in [6, 6.07) is 15.1. The van der Waals surface area contributed by atoms with Crippen molar-refractivity contribution in [2.45, 2.75) is 77.0 Å². The molecule has 1 amide bonds. The first-order chi connectivity index (χ1) is 20.0. The first-order valence-electron chi connectivity index (χ1n) is 15.0. The molecule has 7 rings (SSSR count). The van der Waals surface area contributed by atoms with Gasteiger partial charge in [0.2, 0.25) is 0 Å². The Labute approximate surface area is 244 Å². The summed E-state index contributed by atoms with van der Waals surface area (Å²) >= 11 is 1.69. The molecule has 4 aromatic rings. The molecular formula is C33H37N3O4S. The summed E-state index contributed by atoms with van der Waals surface area (Å²) in [5.41, 5.74) is 6.40. The number of aromatic nitrogens is 2. The van der Waals surface area contributed by atoms with Crippen molar-refractivity contribution in [3.8, 4) is 27.6 Å². The Hall–Kier alpha value is -3.36. The highest BCUT2D eigenvalue weighted by Gasteiger charge is 2.31. The normalized spacial score (nSPS) is 18.7. The van der Waals surface area contributed by atoms with E-state index in [0.29, 0.717) is 12.0 Å². The van der Waals surface area contributed by atoms with Gasteiger partial charge in [-0.05, 0) is 81.7 Å². The van der Waals surface area contributed by atoms with Gasteiger partial charge >= 0.3 is 6.09 Å². The molecule has 0 bridgehead atoms. The predicted octanol–water partition coefficient (Wildman–Crippen LogP) is 8.37. The number of thiazole rings is 1. The van der Waals surface area contributed by atoms with Crippen LogP contribution >= 0.6 is 11.3 Å². The molecule has 1 aliphatic heterocycles. The molecule has 0 radical (unpaired) electrons. The molecule has 7 nitrogen and oxygen atoms in total. The van der Waals surface area contributed by atoms with Crippen LogP contribution in [-0.2, 0) is 9.47 Å². The lowest BCUT2D eigenvalue weighted by molar-refractivity contribution is 0.0256. The number of anilines is 1. The van der Waals surface area contributed by atoms with Gasteiger partial charge in [-0.1, -0.05) is 12.1 Å². The topological polar surface area (TPSA) is 74.6 Å². The third kappa shape index (κ3) is 5.47. The van der Waals surface area contributed by atoms with Crippen molar-refractivity contribution in [1.82, 2.24) is 9.55 Å². The van der Waals surface area contributed by atoms with E-state index in [-0.39, 0.29) is 12.2 Å². The van der Waals surface area contributed by atoms with Crippen molar-refractivity contribution in [3.05, 3.63) is 53.5 Å². The van der Waals surface area contributed by atoms with E-state index in [2.05, 4.69) is 45.6 Å². The second-order valence-corrected chi connectivity index (χ2v) is 12.6. The Bertz CT molecular complexity index is 1540. The molecule has 2 saturated carbocycles. The molecule has 0 spiro atoms. The number of fused-ring (bicyclic) bond motifs is 1. The second kappa shape index (κ2) is 11.1. The van der Waals surface area contributed by atoms with Crippen molar-refractivity contribution in [2.75, 3.05) is 18.5 Å². The zero-order chi connectivity index (χ0) is 27.9. The van der Waals surface area contributed by atoms with E-state index in [1.807, 2.05) is 26.0 Å². The van der Waals surface area contributed by atoms with Gasteiger partial charge in [-0.2, -0.15) is 0 Å². The van der Waals surface area contributed by atoms with Crippen LogP contribution in [0.15, 0.2) is 47.8 Å². The number of rotatable bonds is 8. The lowest BCUT2D eigenvalue weighted by Crippen LogP contribution is -2.25. The lowest BCUT2D eigenvalue weighted by Gasteiger charge is -2.30. The Kier molecular flexibility index (Phi) is 7.21. The summed E-state index contributed by atoms with van der Waals surface area (Å²) in [6.07, 6.45) is 7.42. The van der Waals surface area contributed by atoms with E-state index in [1.54, 1.807) is 11.3 Å². The highest BCUT2D eigenvalue weighted by molar-refractivity contribution is 7.13. The minimum absolute atomic E-state index is 0.0444. The zero-order valence-electron chi connectivity index (χ0n) is 23.7. The Morgan fingerprint density at radius 3 is 2.51 bits per heavy atom. The van der Waals surface area contributed by atoms with Crippen LogP contribution in [-0.4, -0.2) is 41.1 Å². The van der Waals surface area contributed by atoms with E-state index in [1.165, 1.54) is 28.6 Å². The van der Waals surface area contributed by atoms with Crippen LogP contribution < -0.4 is 10.1 Å². The molecule has 3 heterocycles. The highest BCUT2D eigenvalue weighted by Crippen LogP contribution is 2.48. The van der Waals surface area contributed by atoms with E-state index >= 15 is 0 Å². The molecule has 2 aliphatic carbocycles. The van der Waals surface area contributed by atoms with Crippen LogP contribution in [0, 0.1) is 12.8 Å². The molecular weight excluding hydrogens is 534 g/mol. The van der Waals surface area contributed by atoms with Crippen molar-refractivity contribution >= 4 is 34.0 Å². The summed E-state index contributed by atoms with van der Waals surface area (Å²) < 4.78 is 20.1. The number of hydrogen-bond acceptors (Lipinski definition) is 6. The smallest absolute Gasteiger partial charge is 0.411 e. The first kappa shape index (κ1) is 26.5. The van der Waals surface area contributed by atoms with Crippen LogP contribution in [0.2, 0.25) is 0 Å². The van der Waals surface area contributed by atoms with Crippen molar-refractivity contribution in [1.29, 1.82) is 0 Å². The minimum Gasteiger partial charge on any atom is -0.490 e. The van der Waals surface area contributed by atoms with Gasteiger partial charge < -0.3 is 18.8 Å². The van der Waals surface area contributed by atoms with Gasteiger partial charge in [-0.15, -0.1) is 11.3 Å². The average molecular weight is 572 g/mol. The molecule has 1 unspecified atom stereocenters. The van der Waals surface area contributed by atoms with Crippen LogP contribution in [0.5, 0.6) is 5.75 Å². The predicted molar refractivity (Wildman–Crippen MR) is 163 cm³/mol. The standard InChI is InChI=1S/C33H37N3O4S/c1-20-19-41-32(34-20)30-28-13-12-27(40-26-14-16-38-17-15-26)18-29(28)36(25-4-3-5-25)31(30)23-8-10-24(11-9-23)35-33(37)39-21(2)22-6-7-22/h8-13,18-19,21-22,25-26H,3-7,14-17H2,1-2H3,(H,35,37). The maximum atomic E-state index is 12.5. The number of nitrogens with one attached hydrogen (secondary N) is 1. The van der Waals surface area contributed by atoms with Crippen LogP contribution in [0.1, 0.15) is 63.6 Å². The summed E-state index contributed by atoms with van der Waals surface area (Å²) in [4.78, 5) is 17.4. The van der Waals surface area contributed by atoms with Crippen molar-refractivity contribution in [2.24, 2.45) is 5.92 Å². The van der Waals surface area contributed by atoms with Gasteiger partial charge in [0.25, 0.3) is 0 Å². The molecule has 214 valence electrons. The number of hydrogen-bond donors (Lipinski definition) is 1. The maximum Gasteiger partial charge on any atom is 0.411 e. The Morgan fingerprint density at radius 1 is 1.07 bits per heavy atom. The van der Waals surface area contributed by atoms with Crippen molar-refractivity contribution in [3.63, 3.8) is 0 Å². The minimum atomic E-state index is -0.392. The maximum absolute atomic E-state index is 12.5. The fraction of sp³-hybridized carbons (Fsp3) is 0.455. The largest absolute Gasteiger partial charge is 0.490 e. The van der Waals surface area contributed by atoms with Gasteiger partial charge in [-0.25, -0.2) is 9.78 Å². The number of carbonyl (C=O) groups excluding carboxylic acids is 1. The summed E-state index contributed by atoms with van der Waals surface area (Å²) in [6.45, 7) is 5.53. The lowest BCUT2D eigenvalue weighted by atomic mass is 9.92. The third-order valence-corrected chi connectivity index (χ3v) is 9.68. The summed E-state index contributed by atoms with van der Waals surface area (Å²) in [7, 11) is 0. The van der Waals surface area contributed by atoms with Gasteiger partial charge in [0.1, 0.15) is 23.0 Å². The molecule has 3 aliphatic rings. The molecule has 1 atom stereocenters.